The van der Waals surface area contributed by atoms with Crippen molar-refractivity contribution in [1.82, 2.24) is 0 Å². The smallest absolute Gasteiger partial charge is 0.339 e. The third kappa shape index (κ3) is 6.89. The van der Waals surface area contributed by atoms with E-state index in [1.165, 1.54) is 6.07 Å². The number of hydrogen-bond acceptors (Lipinski definition) is 3. The number of carbonyl (C=O) groups excluding carboxylic acids is 1. The number of aromatic hydroxyl groups is 1. The molecule has 146 valence electrons. The molecule has 0 spiro atoms. The van der Waals surface area contributed by atoms with E-state index in [1.54, 1.807) is 12.1 Å². The van der Waals surface area contributed by atoms with Crippen molar-refractivity contribution >= 4 is 12.3 Å². The van der Waals surface area contributed by atoms with Gasteiger partial charge >= 0.3 is 5.97 Å². The Balaban J connectivity index is 0.000000337. The molecule has 0 saturated heterocycles. The molecule has 2 aromatic carbocycles. The zero-order chi connectivity index (χ0) is 20.8. The number of phenols is 1. The molecule has 0 heterocycles. The molecule has 0 saturated carbocycles. The predicted molar refractivity (Wildman–Crippen MR) is 109 cm³/mol. The van der Waals surface area contributed by atoms with Gasteiger partial charge in [0.2, 0.25) is 0 Å². The topological polar surface area (TPSA) is 74.6 Å². The summed E-state index contributed by atoms with van der Waals surface area (Å²) in [5, 5.41) is 18.6. The van der Waals surface area contributed by atoms with E-state index in [2.05, 4.69) is 34.6 Å². The third-order valence-electron chi connectivity index (χ3n) is 4.30. The molecule has 2 aromatic rings. The van der Waals surface area contributed by atoms with E-state index in [0.717, 1.165) is 29.4 Å². The van der Waals surface area contributed by atoms with Gasteiger partial charge in [0, 0.05) is 5.56 Å². The number of carboxylic acids is 1. The summed E-state index contributed by atoms with van der Waals surface area (Å²) in [7, 11) is 0. The monoisotopic (exact) mass is 370 g/mol. The summed E-state index contributed by atoms with van der Waals surface area (Å²) in [6, 6.07) is 12.3. The number of benzene rings is 2. The van der Waals surface area contributed by atoms with Gasteiger partial charge in [-0.2, -0.15) is 0 Å². The van der Waals surface area contributed by atoms with Crippen LogP contribution in [-0.2, 0) is 5.41 Å². The summed E-state index contributed by atoms with van der Waals surface area (Å²) in [4.78, 5) is 21.3. The SMILES string of the molecule is CC(C)(C)CC(C)(C)c1ccc(O)c(C(=O)O)c1.Cc1ccccc1C=O. The van der Waals surface area contributed by atoms with E-state index in [0.29, 0.717) is 0 Å². The number of carbonyl (C=O) groups is 2. The van der Waals surface area contributed by atoms with E-state index in [1.807, 2.05) is 31.2 Å². The van der Waals surface area contributed by atoms with E-state index >= 15 is 0 Å². The molecule has 0 amide bonds. The molecule has 0 fully saturated rings. The lowest BCUT2D eigenvalue weighted by Gasteiger charge is -2.33. The number of aromatic carboxylic acids is 1. The first-order valence-corrected chi connectivity index (χ1v) is 8.95. The van der Waals surface area contributed by atoms with Crippen LogP contribution in [0.15, 0.2) is 42.5 Å². The molecule has 4 heteroatoms. The Bertz CT molecular complexity index is 798. The zero-order valence-electron chi connectivity index (χ0n) is 17.0. The largest absolute Gasteiger partial charge is 0.507 e. The second-order valence-corrected chi connectivity index (χ2v) is 8.63. The Hall–Kier alpha value is -2.62. The fraction of sp³-hybridized carbons (Fsp3) is 0.391. The normalized spacial score (nSPS) is 11.3. The maximum absolute atomic E-state index is 11.0. The Labute approximate surface area is 161 Å². The van der Waals surface area contributed by atoms with Gasteiger partial charge < -0.3 is 10.2 Å². The highest BCUT2D eigenvalue weighted by molar-refractivity contribution is 5.91. The fourth-order valence-corrected chi connectivity index (χ4v) is 3.28. The maximum Gasteiger partial charge on any atom is 0.339 e. The minimum Gasteiger partial charge on any atom is -0.507 e. The molecule has 0 aliphatic heterocycles. The molecule has 0 aliphatic rings. The van der Waals surface area contributed by atoms with Gasteiger partial charge in [-0.3, -0.25) is 4.79 Å². The van der Waals surface area contributed by atoms with E-state index in [-0.39, 0.29) is 22.1 Å². The summed E-state index contributed by atoms with van der Waals surface area (Å²) in [6.07, 6.45) is 1.80. The first kappa shape index (κ1) is 22.4. The van der Waals surface area contributed by atoms with Crippen LogP contribution in [0, 0.1) is 12.3 Å². The number of aldehydes is 1. The Morgan fingerprint density at radius 2 is 1.63 bits per heavy atom. The van der Waals surface area contributed by atoms with Crippen LogP contribution in [0.5, 0.6) is 5.75 Å². The lowest BCUT2D eigenvalue weighted by Crippen LogP contribution is -2.25. The van der Waals surface area contributed by atoms with Crippen LogP contribution in [0.1, 0.15) is 72.9 Å². The second kappa shape index (κ2) is 8.85. The van der Waals surface area contributed by atoms with Crippen molar-refractivity contribution in [2.45, 2.75) is 53.4 Å². The number of carboxylic acid groups (broad SMARTS) is 1. The third-order valence-corrected chi connectivity index (χ3v) is 4.30. The van der Waals surface area contributed by atoms with Gasteiger partial charge in [0.05, 0.1) is 0 Å². The highest BCUT2D eigenvalue weighted by Gasteiger charge is 2.28. The molecule has 0 unspecified atom stereocenters. The summed E-state index contributed by atoms with van der Waals surface area (Å²) < 4.78 is 0. The van der Waals surface area contributed by atoms with Crippen LogP contribution in [0.2, 0.25) is 0 Å². The number of rotatable bonds is 4. The maximum atomic E-state index is 11.0. The van der Waals surface area contributed by atoms with Crippen LogP contribution >= 0.6 is 0 Å². The van der Waals surface area contributed by atoms with Crippen molar-refractivity contribution in [2.75, 3.05) is 0 Å². The molecule has 0 atom stereocenters. The Morgan fingerprint density at radius 3 is 2.07 bits per heavy atom. The minimum atomic E-state index is -1.10. The summed E-state index contributed by atoms with van der Waals surface area (Å²) in [6.45, 7) is 12.6. The average Bonchev–Trinajstić information content (AvgIpc) is 2.53. The van der Waals surface area contributed by atoms with Crippen molar-refractivity contribution in [2.24, 2.45) is 5.41 Å². The van der Waals surface area contributed by atoms with Gasteiger partial charge in [0.25, 0.3) is 0 Å². The number of aryl methyl sites for hydroxylation is 1. The van der Waals surface area contributed by atoms with E-state index in [4.69, 9.17) is 5.11 Å². The van der Waals surface area contributed by atoms with Crippen LogP contribution in [0.4, 0.5) is 0 Å². The van der Waals surface area contributed by atoms with Gasteiger partial charge in [-0.25, -0.2) is 4.79 Å². The molecular weight excluding hydrogens is 340 g/mol. The van der Waals surface area contributed by atoms with Crippen molar-refractivity contribution in [3.63, 3.8) is 0 Å². The van der Waals surface area contributed by atoms with Crippen LogP contribution < -0.4 is 0 Å². The first-order chi connectivity index (χ1) is 12.4. The average molecular weight is 370 g/mol. The zero-order valence-corrected chi connectivity index (χ0v) is 17.0. The standard InChI is InChI=1S/C15H22O3.C8H8O/c1-14(2,3)9-15(4,5)10-6-7-12(16)11(8-10)13(17)18;1-7-4-2-3-5-8(7)6-9/h6-8,16H,9H2,1-5H3,(H,17,18);2-6H,1H3. The van der Waals surface area contributed by atoms with Gasteiger partial charge in [0.15, 0.2) is 0 Å². The summed E-state index contributed by atoms with van der Waals surface area (Å²) in [5.41, 5.74) is 2.74. The molecular formula is C23H30O4. The number of hydrogen-bond donors (Lipinski definition) is 2. The molecule has 0 aromatic heterocycles. The summed E-state index contributed by atoms with van der Waals surface area (Å²) in [5.74, 6) is -1.28. The van der Waals surface area contributed by atoms with Crippen molar-refractivity contribution in [3.8, 4) is 5.75 Å². The highest BCUT2D eigenvalue weighted by Crippen LogP contribution is 2.37. The molecule has 0 bridgehead atoms. The van der Waals surface area contributed by atoms with Gasteiger partial charge in [0.1, 0.15) is 17.6 Å². The molecule has 27 heavy (non-hydrogen) atoms. The van der Waals surface area contributed by atoms with E-state index < -0.39 is 5.97 Å². The van der Waals surface area contributed by atoms with Crippen molar-refractivity contribution in [3.05, 3.63) is 64.7 Å². The summed E-state index contributed by atoms with van der Waals surface area (Å²) >= 11 is 0. The van der Waals surface area contributed by atoms with Crippen molar-refractivity contribution < 1.29 is 19.8 Å². The van der Waals surface area contributed by atoms with E-state index in [9.17, 15) is 14.7 Å². The lowest BCUT2D eigenvalue weighted by atomic mass is 9.72. The van der Waals surface area contributed by atoms with Crippen LogP contribution in [0.3, 0.4) is 0 Å². The lowest BCUT2D eigenvalue weighted by molar-refractivity contribution is 0.0693. The Morgan fingerprint density at radius 1 is 1.04 bits per heavy atom. The van der Waals surface area contributed by atoms with Gasteiger partial charge in [-0.05, 0) is 47.4 Å². The fourth-order valence-electron chi connectivity index (χ4n) is 3.28. The Kier molecular flexibility index (Phi) is 7.35. The van der Waals surface area contributed by atoms with Crippen molar-refractivity contribution in [1.29, 1.82) is 0 Å². The minimum absolute atomic E-state index is 0.0329. The first-order valence-electron chi connectivity index (χ1n) is 8.95. The van der Waals surface area contributed by atoms with Crippen LogP contribution in [-0.4, -0.2) is 22.5 Å². The van der Waals surface area contributed by atoms with Gasteiger partial charge in [-0.1, -0.05) is 65.0 Å². The predicted octanol–water partition coefficient (Wildman–Crippen LogP) is 5.61. The molecule has 2 rings (SSSR count). The highest BCUT2D eigenvalue weighted by atomic mass is 16.4. The second-order valence-electron chi connectivity index (χ2n) is 8.63. The molecule has 2 N–H and O–H groups in total. The molecule has 0 radical (unpaired) electrons. The molecule has 4 nitrogen and oxygen atoms in total. The molecule has 0 aliphatic carbocycles. The van der Waals surface area contributed by atoms with Gasteiger partial charge in [-0.15, -0.1) is 0 Å². The quantitative estimate of drug-likeness (QED) is 0.686. The van der Waals surface area contributed by atoms with Crippen LogP contribution in [0.25, 0.3) is 0 Å².